The van der Waals surface area contributed by atoms with Crippen molar-refractivity contribution >= 4 is 0 Å². The van der Waals surface area contributed by atoms with Crippen LogP contribution in [0.2, 0.25) is 0 Å². The molecule has 0 spiro atoms. The molecule has 0 saturated carbocycles. The standard InChI is InChI=1S/C14H24N2O3/c1-9(2)7-11-12(17)15-10(8-14(3,4)5)13(19-6)16(11)18/h9H,7-8H2,1-6H3,(H,15,17). The lowest BCUT2D eigenvalue weighted by Crippen LogP contribution is -2.43. The molecule has 0 amide bonds. The van der Waals surface area contributed by atoms with Crippen molar-refractivity contribution in [2.45, 2.75) is 47.5 Å². The Morgan fingerprint density at radius 1 is 1.37 bits per heavy atom. The van der Waals surface area contributed by atoms with Crippen molar-refractivity contribution in [2.24, 2.45) is 11.3 Å². The molecule has 108 valence electrons. The largest absolute Gasteiger partial charge is 0.616 e. The van der Waals surface area contributed by atoms with E-state index in [-0.39, 0.29) is 28.5 Å². The Balaban J connectivity index is 3.34. The molecule has 5 nitrogen and oxygen atoms in total. The van der Waals surface area contributed by atoms with Crippen LogP contribution in [0.15, 0.2) is 4.79 Å². The summed E-state index contributed by atoms with van der Waals surface area (Å²) in [4.78, 5) is 14.8. The van der Waals surface area contributed by atoms with Gasteiger partial charge in [-0.1, -0.05) is 34.6 Å². The van der Waals surface area contributed by atoms with E-state index in [1.165, 1.54) is 7.11 Å². The second kappa shape index (κ2) is 5.63. The summed E-state index contributed by atoms with van der Waals surface area (Å²) in [6, 6.07) is 0. The highest BCUT2D eigenvalue weighted by Crippen LogP contribution is 2.23. The second-order valence-corrected chi connectivity index (χ2v) is 6.52. The molecule has 1 N–H and O–H groups in total. The number of nitrogens with one attached hydrogen (secondary N) is 1. The van der Waals surface area contributed by atoms with Crippen LogP contribution in [0.1, 0.15) is 46.0 Å². The van der Waals surface area contributed by atoms with Crippen molar-refractivity contribution in [1.82, 2.24) is 4.98 Å². The third-order valence-electron chi connectivity index (χ3n) is 2.72. The Morgan fingerprint density at radius 2 is 1.95 bits per heavy atom. The van der Waals surface area contributed by atoms with Crippen molar-refractivity contribution in [2.75, 3.05) is 7.11 Å². The van der Waals surface area contributed by atoms with Crippen LogP contribution in [0.25, 0.3) is 0 Å². The number of nitrogens with zero attached hydrogens (tertiary/aromatic N) is 1. The second-order valence-electron chi connectivity index (χ2n) is 6.52. The van der Waals surface area contributed by atoms with Crippen LogP contribution in [0, 0.1) is 16.5 Å². The summed E-state index contributed by atoms with van der Waals surface area (Å²) in [5.74, 6) is 0.435. The Bertz CT molecular complexity index is 499. The molecule has 1 rings (SSSR count). The molecule has 0 radical (unpaired) electrons. The number of hydrogen-bond donors (Lipinski definition) is 1. The summed E-state index contributed by atoms with van der Waals surface area (Å²) < 4.78 is 5.82. The van der Waals surface area contributed by atoms with Crippen molar-refractivity contribution in [3.05, 3.63) is 26.9 Å². The average Bonchev–Trinajstić information content (AvgIpc) is 2.22. The molecule has 1 aromatic heterocycles. The Kier molecular flexibility index (Phi) is 4.61. The van der Waals surface area contributed by atoms with Crippen LogP contribution in [0.3, 0.4) is 0 Å². The topological polar surface area (TPSA) is 69.0 Å². The van der Waals surface area contributed by atoms with Gasteiger partial charge in [-0.2, -0.15) is 0 Å². The lowest BCUT2D eigenvalue weighted by Gasteiger charge is -2.19. The fourth-order valence-electron chi connectivity index (χ4n) is 2.02. The van der Waals surface area contributed by atoms with Gasteiger partial charge in [-0.05, 0) is 11.3 Å². The first-order chi connectivity index (χ1) is 8.65. The zero-order valence-corrected chi connectivity index (χ0v) is 12.7. The van der Waals surface area contributed by atoms with Crippen LogP contribution < -0.4 is 15.0 Å². The van der Waals surface area contributed by atoms with Crippen molar-refractivity contribution in [1.29, 1.82) is 0 Å². The number of methoxy groups -OCH3 is 1. The SMILES string of the molecule is COc1c(CC(C)(C)C)[nH]c(=O)c(CC(C)C)[n+]1[O-]. The number of hydrogen-bond acceptors (Lipinski definition) is 3. The average molecular weight is 268 g/mol. The molecule has 0 atom stereocenters. The summed E-state index contributed by atoms with van der Waals surface area (Å²) in [6.07, 6.45) is 1.01. The van der Waals surface area contributed by atoms with Gasteiger partial charge in [-0.3, -0.25) is 4.79 Å². The molecular weight excluding hydrogens is 244 g/mol. The fourth-order valence-corrected chi connectivity index (χ4v) is 2.02. The van der Waals surface area contributed by atoms with Gasteiger partial charge in [-0.15, -0.1) is 4.73 Å². The first kappa shape index (κ1) is 15.5. The lowest BCUT2D eigenvalue weighted by atomic mass is 9.90. The predicted molar refractivity (Wildman–Crippen MR) is 74.3 cm³/mol. The van der Waals surface area contributed by atoms with Gasteiger partial charge < -0.3 is 14.9 Å². The minimum atomic E-state index is -0.316. The lowest BCUT2D eigenvalue weighted by molar-refractivity contribution is -0.623. The van der Waals surface area contributed by atoms with Crippen LogP contribution in [-0.2, 0) is 12.8 Å². The van der Waals surface area contributed by atoms with E-state index in [0.717, 1.165) is 0 Å². The first-order valence-corrected chi connectivity index (χ1v) is 6.57. The third kappa shape index (κ3) is 3.98. The van der Waals surface area contributed by atoms with Crippen LogP contribution >= 0.6 is 0 Å². The van der Waals surface area contributed by atoms with E-state index in [9.17, 15) is 10.0 Å². The number of aromatic amines is 1. The molecule has 0 aliphatic carbocycles. The highest BCUT2D eigenvalue weighted by Gasteiger charge is 2.26. The molecule has 0 aliphatic heterocycles. The maximum absolute atomic E-state index is 12.2. The highest BCUT2D eigenvalue weighted by molar-refractivity contribution is 5.15. The summed E-state index contributed by atoms with van der Waals surface area (Å²) in [6.45, 7) is 10.1. The minimum Gasteiger partial charge on any atom is -0.616 e. The molecule has 1 heterocycles. The van der Waals surface area contributed by atoms with Gasteiger partial charge in [0.1, 0.15) is 5.69 Å². The molecule has 5 heteroatoms. The number of aromatic nitrogens is 2. The van der Waals surface area contributed by atoms with Gasteiger partial charge in [-0.25, -0.2) is 0 Å². The summed E-state index contributed by atoms with van der Waals surface area (Å²) >= 11 is 0. The summed E-state index contributed by atoms with van der Waals surface area (Å²) in [5.41, 5.74) is 0.416. The maximum Gasteiger partial charge on any atom is 0.399 e. The molecule has 0 saturated heterocycles. The Labute approximate surface area is 114 Å². The minimum absolute atomic E-state index is 0.0389. The zero-order chi connectivity index (χ0) is 14.8. The highest BCUT2D eigenvalue weighted by atomic mass is 16.5. The number of ether oxygens (including phenoxy) is 1. The number of H-pyrrole nitrogens is 1. The molecule has 0 unspecified atom stereocenters. The van der Waals surface area contributed by atoms with Gasteiger partial charge in [0.2, 0.25) is 0 Å². The first-order valence-electron chi connectivity index (χ1n) is 6.57. The van der Waals surface area contributed by atoms with E-state index in [1.807, 2.05) is 34.6 Å². The normalized spacial score (nSPS) is 11.9. The number of rotatable bonds is 4. The molecule has 19 heavy (non-hydrogen) atoms. The van der Waals surface area contributed by atoms with Crippen LogP contribution in [-0.4, -0.2) is 12.1 Å². The van der Waals surface area contributed by atoms with Gasteiger partial charge >= 0.3 is 11.4 Å². The Morgan fingerprint density at radius 3 is 2.37 bits per heavy atom. The van der Waals surface area contributed by atoms with E-state index >= 15 is 0 Å². The van der Waals surface area contributed by atoms with E-state index < -0.39 is 0 Å². The monoisotopic (exact) mass is 268 g/mol. The van der Waals surface area contributed by atoms with Crippen LogP contribution in [0.5, 0.6) is 5.88 Å². The van der Waals surface area contributed by atoms with Crippen molar-refractivity contribution in [3.8, 4) is 5.88 Å². The van der Waals surface area contributed by atoms with Crippen molar-refractivity contribution < 1.29 is 9.47 Å². The third-order valence-corrected chi connectivity index (χ3v) is 2.72. The molecule has 0 aromatic carbocycles. The zero-order valence-electron chi connectivity index (χ0n) is 12.7. The van der Waals surface area contributed by atoms with Gasteiger partial charge in [0.05, 0.1) is 7.11 Å². The molecule has 0 fully saturated rings. The van der Waals surface area contributed by atoms with E-state index in [2.05, 4.69) is 4.98 Å². The maximum atomic E-state index is 12.2. The molecule has 1 aromatic rings. The molecular formula is C14H24N2O3. The quantitative estimate of drug-likeness (QED) is 0.668. The van der Waals surface area contributed by atoms with E-state index in [1.54, 1.807) is 0 Å². The summed E-state index contributed by atoms with van der Waals surface area (Å²) in [5, 5.41) is 12.2. The Hall–Kier alpha value is -1.52. The van der Waals surface area contributed by atoms with Gasteiger partial charge in [0.15, 0.2) is 0 Å². The predicted octanol–water partition coefficient (Wildman–Crippen LogP) is 1.80. The van der Waals surface area contributed by atoms with Crippen molar-refractivity contribution in [3.63, 3.8) is 0 Å². The molecule has 0 aliphatic rings. The van der Waals surface area contributed by atoms with Gasteiger partial charge in [0.25, 0.3) is 5.69 Å². The summed E-state index contributed by atoms with van der Waals surface area (Å²) in [7, 11) is 1.45. The molecule has 0 bridgehead atoms. The van der Waals surface area contributed by atoms with Crippen LogP contribution in [0.4, 0.5) is 0 Å². The fraction of sp³-hybridized carbons (Fsp3) is 0.714. The van der Waals surface area contributed by atoms with Gasteiger partial charge in [0, 0.05) is 12.8 Å². The smallest absolute Gasteiger partial charge is 0.399 e. The van der Waals surface area contributed by atoms with E-state index in [4.69, 9.17) is 4.74 Å². The van der Waals surface area contributed by atoms with E-state index in [0.29, 0.717) is 23.3 Å².